The Bertz CT molecular complexity index is 748. The van der Waals surface area contributed by atoms with Crippen molar-refractivity contribution in [2.24, 2.45) is 0 Å². The van der Waals surface area contributed by atoms with Gasteiger partial charge in [0, 0.05) is 12.7 Å². The lowest BCUT2D eigenvalue weighted by Gasteiger charge is -2.06. The number of carbonyl (C=O) groups is 1. The molecule has 0 spiro atoms. The summed E-state index contributed by atoms with van der Waals surface area (Å²) in [5, 5.41) is 11.5. The summed E-state index contributed by atoms with van der Waals surface area (Å²) in [5.41, 5.74) is 1.66. The fourth-order valence-corrected chi connectivity index (χ4v) is 2.59. The summed E-state index contributed by atoms with van der Waals surface area (Å²) >= 11 is 3.40. The van der Waals surface area contributed by atoms with Gasteiger partial charge in [-0.2, -0.15) is 5.26 Å². The van der Waals surface area contributed by atoms with E-state index in [1.165, 1.54) is 12.3 Å². The number of H-pyrrole nitrogens is 1. The van der Waals surface area contributed by atoms with Gasteiger partial charge in [0.25, 0.3) is 5.91 Å². The molecule has 0 saturated heterocycles. The predicted octanol–water partition coefficient (Wildman–Crippen LogP) is 2.31. The normalized spacial score (nSPS) is 12.0. The van der Waals surface area contributed by atoms with Gasteiger partial charge in [0.05, 0.1) is 10.0 Å². The Morgan fingerprint density at radius 2 is 2.29 bits per heavy atom. The van der Waals surface area contributed by atoms with E-state index in [1.54, 1.807) is 0 Å². The third-order valence-electron chi connectivity index (χ3n) is 3.00. The zero-order valence-electron chi connectivity index (χ0n) is 10.8. The van der Waals surface area contributed by atoms with Gasteiger partial charge >= 0.3 is 0 Å². The highest BCUT2D eigenvalue weighted by atomic mass is 79.9. The van der Waals surface area contributed by atoms with E-state index in [0.29, 0.717) is 29.3 Å². The number of rotatable bonds is 3. The second-order valence-corrected chi connectivity index (χ2v) is 5.26. The number of carbonyl (C=O) groups excluding carboxylic acids is 1. The molecule has 0 saturated carbocycles. The molecule has 2 N–H and O–H groups in total. The lowest BCUT2D eigenvalue weighted by molar-refractivity contribution is 0.0946. The topological polar surface area (TPSA) is 87.1 Å². The third-order valence-corrected chi connectivity index (χ3v) is 3.59. The number of benzene rings is 1. The zero-order valence-corrected chi connectivity index (χ0v) is 12.4. The lowest BCUT2D eigenvalue weighted by atomic mass is 10.2. The number of halogens is 1. The molecule has 106 valence electrons. The molecule has 0 fully saturated rings. The molecule has 2 heterocycles. The third kappa shape index (κ3) is 2.71. The van der Waals surface area contributed by atoms with Crippen LogP contribution in [0.15, 0.2) is 28.9 Å². The number of hydrogen-bond donors (Lipinski definition) is 2. The molecule has 6 nitrogen and oxygen atoms in total. The van der Waals surface area contributed by atoms with Crippen LogP contribution in [0.5, 0.6) is 11.5 Å². The van der Waals surface area contributed by atoms with Crippen molar-refractivity contribution in [2.45, 2.75) is 6.54 Å². The Labute approximate surface area is 128 Å². The fraction of sp³-hybridized carbons (Fsp3) is 0.143. The second-order valence-electron chi connectivity index (χ2n) is 4.41. The van der Waals surface area contributed by atoms with E-state index in [2.05, 4.69) is 26.2 Å². The summed E-state index contributed by atoms with van der Waals surface area (Å²) in [5.74, 6) is 1.05. The molecular formula is C14H10BrN3O3. The first-order valence-corrected chi connectivity index (χ1v) is 6.91. The van der Waals surface area contributed by atoms with Crippen LogP contribution in [-0.4, -0.2) is 17.7 Å². The van der Waals surface area contributed by atoms with E-state index in [1.807, 2.05) is 18.2 Å². The average molecular weight is 348 g/mol. The van der Waals surface area contributed by atoms with Crippen molar-refractivity contribution in [1.29, 1.82) is 5.26 Å². The smallest absolute Gasteiger partial charge is 0.268 e. The molecule has 1 aliphatic heterocycles. The van der Waals surface area contributed by atoms with E-state index >= 15 is 0 Å². The number of nitrogens with one attached hydrogen (secondary N) is 2. The van der Waals surface area contributed by atoms with Crippen LogP contribution in [0.3, 0.4) is 0 Å². The quantitative estimate of drug-likeness (QED) is 0.891. The van der Waals surface area contributed by atoms with Crippen LogP contribution in [0.25, 0.3) is 0 Å². The molecule has 7 heteroatoms. The van der Waals surface area contributed by atoms with E-state index in [0.717, 1.165) is 10.0 Å². The minimum Gasteiger partial charge on any atom is -0.454 e. The number of fused-ring (bicyclic) bond motifs is 1. The van der Waals surface area contributed by atoms with Crippen LogP contribution in [0, 0.1) is 11.3 Å². The first-order valence-electron chi connectivity index (χ1n) is 6.12. The van der Waals surface area contributed by atoms with E-state index in [9.17, 15) is 4.79 Å². The molecule has 3 rings (SSSR count). The van der Waals surface area contributed by atoms with E-state index < -0.39 is 0 Å². The minimum atomic E-state index is -0.273. The van der Waals surface area contributed by atoms with Crippen molar-refractivity contribution in [3.8, 4) is 17.6 Å². The van der Waals surface area contributed by atoms with Gasteiger partial charge in [-0.15, -0.1) is 0 Å². The van der Waals surface area contributed by atoms with E-state index in [4.69, 9.17) is 14.7 Å². The largest absolute Gasteiger partial charge is 0.454 e. The number of nitriles is 1. The summed E-state index contributed by atoms with van der Waals surface area (Å²) in [4.78, 5) is 14.7. The number of hydrogen-bond acceptors (Lipinski definition) is 4. The summed E-state index contributed by atoms with van der Waals surface area (Å²) < 4.78 is 11.4. The number of ether oxygens (including phenoxy) is 2. The van der Waals surface area contributed by atoms with E-state index in [-0.39, 0.29) is 12.7 Å². The average Bonchev–Trinajstić information content (AvgIpc) is 3.13. The number of aromatic nitrogens is 1. The van der Waals surface area contributed by atoms with Crippen LogP contribution < -0.4 is 14.8 Å². The maximum absolute atomic E-state index is 11.9. The second kappa shape index (κ2) is 5.50. The molecule has 21 heavy (non-hydrogen) atoms. The molecule has 1 aromatic carbocycles. The Morgan fingerprint density at radius 1 is 1.43 bits per heavy atom. The molecule has 1 aromatic heterocycles. The van der Waals surface area contributed by atoms with Crippen LogP contribution in [0.1, 0.15) is 21.6 Å². The Balaban J connectivity index is 1.69. The molecule has 2 aromatic rings. The summed E-state index contributed by atoms with van der Waals surface area (Å²) in [7, 11) is 0. The molecule has 1 amide bonds. The Kier molecular flexibility index (Phi) is 3.54. The van der Waals surface area contributed by atoms with Crippen molar-refractivity contribution in [3.63, 3.8) is 0 Å². The van der Waals surface area contributed by atoms with Crippen molar-refractivity contribution in [1.82, 2.24) is 10.3 Å². The van der Waals surface area contributed by atoms with Gasteiger partial charge in [-0.25, -0.2) is 0 Å². The zero-order chi connectivity index (χ0) is 14.8. The van der Waals surface area contributed by atoms with Gasteiger partial charge in [0.1, 0.15) is 11.8 Å². The highest BCUT2D eigenvalue weighted by Crippen LogP contribution is 2.39. The monoisotopic (exact) mass is 347 g/mol. The van der Waals surface area contributed by atoms with Crippen LogP contribution in [-0.2, 0) is 6.54 Å². The van der Waals surface area contributed by atoms with Crippen molar-refractivity contribution >= 4 is 21.8 Å². The predicted molar refractivity (Wildman–Crippen MR) is 76.9 cm³/mol. The van der Waals surface area contributed by atoms with Crippen LogP contribution in [0.2, 0.25) is 0 Å². The molecule has 1 aliphatic rings. The Hall–Kier alpha value is -2.46. The highest BCUT2D eigenvalue weighted by molar-refractivity contribution is 9.10. The first kappa shape index (κ1) is 13.5. The van der Waals surface area contributed by atoms with Gasteiger partial charge in [0.2, 0.25) is 6.79 Å². The fourth-order valence-electron chi connectivity index (χ4n) is 1.99. The SMILES string of the molecule is N#Cc1c[nH]c(C(=O)NCc2cc(Br)c3c(c2)OCO3)c1. The van der Waals surface area contributed by atoms with Crippen LogP contribution in [0.4, 0.5) is 0 Å². The molecule has 0 bridgehead atoms. The standard InChI is InChI=1S/C14H10BrN3O3/c15-10-1-8(3-12-13(10)21-7-20-12)5-18-14(19)11-2-9(4-16)6-17-11/h1-3,6,17H,5,7H2,(H,18,19). The number of amides is 1. The highest BCUT2D eigenvalue weighted by Gasteiger charge is 2.18. The van der Waals surface area contributed by atoms with Gasteiger partial charge in [-0.3, -0.25) is 4.79 Å². The molecular weight excluding hydrogens is 338 g/mol. The number of nitrogens with zero attached hydrogens (tertiary/aromatic N) is 1. The first-order chi connectivity index (χ1) is 10.2. The van der Waals surface area contributed by atoms with Gasteiger partial charge in [-0.1, -0.05) is 0 Å². The van der Waals surface area contributed by atoms with Crippen molar-refractivity contribution in [2.75, 3.05) is 6.79 Å². The van der Waals surface area contributed by atoms with Crippen LogP contribution >= 0.6 is 15.9 Å². The van der Waals surface area contributed by atoms with Gasteiger partial charge in [-0.05, 0) is 39.7 Å². The molecule has 0 radical (unpaired) electrons. The number of aromatic amines is 1. The lowest BCUT2D eigenvalue weighted by Crippen LogP contribution is -2.23. The van der Waals surface area contributed by atoms with Gasteiger partial charge in [0.15, 0.2) is 11.5 Å². The van der Waals surface area contributed by atoms with Crippen molar-refractivity contribution in [3.05, 3.63) is 45.7 Å². The minimum absolute atomic E-state index is 0.198. The summed E-state index contributed by atoms with van der Waals surface area (Å²) in [6.07, 6.45) is 1.49. The maximum atomic E-state index is 11.9. The molecule has 0 atom stereocenters. The Morgan fingerprint density at radius 3 is 3.05 bits per heavy atom. The van der Waals surface area contributed by atoms with Gasteiger partial charge < -0.3 is 19.8 Å². The maximum Gasteiger partial charge on any atom is 0.268 e. The van der Waals surface area contributed by atoms with Crippen molar-refractivity contribution < 1.29 is 14.3 Å². The summed E-state index contributed by atoms with van der Waals surface area (Å²) in [6.45, 7) is 0.540. The molecule has 0 aliphatic carbocycles. The molecule has 0 unspecified atom stereocenters. The summed E-state index contributed by atoms with van der Waals surface area (Å²) in [6, 6.07) is 7.16.